The average molecular weight is 548 g/mol. The van der Waals surface area contributed by atoms with E-state index in [0.29, 0.717) is 63.5 Å². The summed E-state index contributed by atoms with van der Waals surface area (Å²) in [6.07, 6.45) is 4.59. The summed E-state index contributed by atoms with van der Waals surface area (Å²) in [5.74, 6) is 1.81. The highest BCUT2D eigenvalue weighted by molar-refractivity contribution is 9.09. The zero-order chi connectivity index (χ0) is 23.7. The SMILES string of the molecule is O=C(/C=C/CBr)Nc1cc2c(Nc3ccc(F)c(Cl)c3)ncnc2cc1OCC1C2COCC21. The fourth-order valence-electron chi connectivity index (χ4n) is 4.23. The minimum atomic E-state index is -0.505. The number of fused-ring (bicyclic) bond motifs is 2. The topological polar surface area (TPSA) is 85.4 Å². The van der Waals surface area contributed by atoms with E-state index in [1.165, 1.54) is 24.5 Å². The van der Waals surface area contributed by atoms with Gasteiger partial charge in [-0.2, -0.15) is 0 Å². The molecule has 5 rings (SSSR count). The Balaban J connectivity index is 1.46. The molecular weight excluding hydrogens is 527 g/mol. The molecule has 1 aliphatic heterocycles. The van der Waals surface area contributed by atoms with Crippen LogP contribution in [0.2, 0.25) is 5.02 Å². The Morgan fingerprint density at radius 3 is 2.85 bits per heavy atom. The summed E-state index contributed by atoms with van der Waals surface area (Å²) in [7, 11) is 0. The first kappa shape index (κ1) is 23.0. The van der Waals surface area contributed by atoms with E-state index >= 15 is 0 Å². The van der Waals surface area contributed by atoms with Gasteiger partial charge in [0.25, 0.3) is 0 Å². The summed E-state index contributed by atoms with van der Waals surface area (Å²) >= 11 is 9.19. The standard InChI is InChI=1S/C24H21BrClFN4O3/c25-5-1-2-23(32)31-21-7-14-20(8-22(21)34-11-17-15-9-33-10-16(15)17)28-12-29-24(14)30-13-3-4-19(27)18(26)6-13/h1-4,6-8,12,15-17H,5,9-11H2,(H,31,32)(H,28,29,30)/b2-1+. The third-order valence-corrected chi connectivity index (χ3v) is 6.76. The molecule has 1 saturated heterocycles. The number of benzene rings is 2. The van der Waals surface area contributed by atoms with Crippen molar-refractivity contribution in [3.63, 3.8) is 0 Å². The molecule has 1 amide bonds. The minimum absolute atomic E-state index is 0.000761. The van der Waals surface area contributed by atoms with Gasteiger partial charge in [0.1, 0.15) is 23.7 Å². The maximum Gasteiger partial charge on any atom is 0.248 e. The third kappa shape index (κ3) is 4.87. The van der Waals surface area contributed by atoms with Crippen LogP contribution < -0.4 is 15.4 Å². The van der Waals surface area contributed by atoms with E-state index in [2.05, 4.69) is 36.5 Å². The Labute approximate surface area is 208 Å². The highest BCUT2D eigenvalue weighted by Crippen LogP contribution is 2.51. The van der Waals surface area contributed by atoms with Crippen molar-refractivity contribution in [3.05, 3.63) is 59.7 Å². The van der Waals surface area contributed by atoms with Gasteiger partial charge in [0.2, 0.25) is 5.91 Å². The summed E-state index contributed by atoms with van der Waals surface area (Å²) in [5.41, 5.74) is 1.71. The first-order valence-corrected chi connectivity index (χ1v) is 12.3. The lowest BCUT2D eigenvalue weighted by molar-refractivity contribution is -0.111. The summed E-state index contributed by atoms with van der Waals surface area (Å²) in [6, 6.07) is 7.89. The van der Waals surface area contributed by atoms with Crippen molar-refractivity contribution >= 4 is 61.5 Å². The van der Waals surface area contributed by atoms with Crippen molar-refractivity contribution in [3.8, 4) is 5.75 Å². The molecule has 176 valence electrons. The first-order valence-electron chi connectivity index (χ1n) is 10.8. The number of anilines is 3. The van der Waals surface area contributed by atoms with E-state index in [9.17, 15) is 9.18 Å². The van der Waals surface area contributed by atoms with Crippen LogP contribution in [0, 0.1) is 23.6 Å². The van der Waals surface area contributed by atoms with Crippen LogP contribution in [0.4, 0.5) is 21.6 Å². The number of allylic oxidation sites excluding steroid dienone is 1. The molecule has 2 unspecified atom stereocenters. The molecule has 1 aromatic heterocycles. The summed E-state index contributed by atoms with van der Waals surface area (Å²) in [4.78, 5) is 21.1. The molecular formula is C24H21BrClFN4O3. The van der Waals surface area contributed by atoms with Gasteiger partial charge in [0.05, 0.1) is 36.0 Å². The van der Waals surface area contributed by atoms with Gasteiger partial charge in [0, 0.05) is 34.5 Å². The largest absolute Gasteiger partial charge is 0.491 e. The molecule has 10 heteroatoms. The normalized spacial score (nSPS) is 21.0. The second kappa shape index (κ2) is 9.85. The molecule has 2 N–H and O–H groups in total. The van der Waals surface area contributed by atoms with E-state index in [4.69, 9.17) is 21.1 Å². The van der Waals surface area contributed by atoms with Crippen molar-refractivity contribution in [1.82, 2.24) is 9.97 Å². The van der Waals surface area contributed by atoms with Crippen LogP contribution in [0.25, 0.3) is 10.9 Å². The molecule has 34 heavy (non-hydrogen) atoms. The summed E-state index contributed by atoms with van der Waals surface area (Å²) in [6.45, 7) is 2.12. The quantitative estimate of drug-likeness (QED) is 0.293. The number of nitrogens with one attached hydrogen (secondary N) is 2. The van der Waals surface area contributed by atoms with Crippen LogP contribution in [-0.2, 0) is 9.53 Å². The van der Waals surface area contributed by atoms with E-state index in [1.807, 2.05) is 0 Å². The van der Waals surface area contributed by atoms with Crippen LogP contribution >= 0.6 is 27.5 Å². The molecule has 7 nitrogen and oxygen atoms in total. The maximum atomic E-state index is 13.6. The second-order valence-corrected chi connectivity index (χ2v) is 9.28. The number of ether oxygens (including phenoxy) is 2. The van der Waals surface area contributed by atoms with Gasteiger partial charge in [-0.1, -0.05) is 33.6 Å². The van der Waals surface area contributed by atoms with Crippen molar-refractivity contribution in [2.45, 2.75) is 0 Å². The predicted octanol–water partition coefficient (Wildman–Crippen LogP) is 5.33. The van der Waals surface area contributed by atoms with E-state index in [-0.39, 0.29) is 10.9 Å². The number of carbonyl (C=O) groups is 1. The van der Waals surface area contributed by atoms with E-state index in [0.717, 1.165) is 13.2 Å². The molecule has 2 aromatic carbocycles. The van der Waals surface area contributed by atoms with Gasteiger partial charge in [0.15, 0.2) is 0 Å². The van der Waals surface area contributed by atoms with Gasteiger partial charge in [-0.15, -0.1) is 0 Å². The number of nitrogens with zero attached hydrogens (tertiary/aromatic N) is 2. The van der Waals surface area contributed by atoms with Gasteiger partial charge in [-0.3, -0.25) is 4.79 Å². The fraction of sp³-hybridized carbons (Fsp3) is 0.292. The zero-order valence-corrected chi connectivity index (χ0v) is 20.3. The minimum Gasteiger partial charge on any atom is -0.491 e. The highest BCUT2D eigenvalue weighted by Gasteiger charge is 2.54. The fourth-order valence-corrected chi connectivity index (χ4v) is 4.60. The van der Waals surface area contributed by atoms with E-state index in [1.54, 1.807) is 24.3 Å². The van der Waals surface area contributed by atoms with Gasteiger partial charge in [-0.25, -0.2) is 14.4 Å². The zero-order valence-electron chi connectivity index (χ0n) is 17.9. The Morgan fingerprint density at radius 1 is 1.26 bits per heavy atom. The smallest absolute Gasteiger partial charge is 0.248 e. The average Bonchev–Trinajstić information content (AvgIpc) is 3.24. The Hall–Kier alpha value is -2.75. The van der Waals surface area contributed by atoms with Gasteiger partial charge >= 0.3 is 0 Å². The molecule has 3 aromatic rings. The monoisotopic (exact) mass is 546 g/mol. The van der Waals surface area contributed by atoms with Crippen molar-refractivity contribution < 1.29 is 18.7 Å². The molecule has 2 fully saturated rings. The Bertz CT molecular complexity index is 1260. The number of alkyl halides is 1. The molecule has 1 aliphatic carbocycles. The first-order chi connectivity index (χ1) is 16.5. The predicted molar refractivity (Wildman–Crippen MR) is 133 cm³/mol. The lowest BCUT2D eigenvalue weighted by Crippen LogP contribution is -2.12. The highest BCUT2D eigenvalue weighted by atomic mass is 79.9. The van der Waals surface area contributed by atoms with Crippen molar-refractivity contribution in [2.24, 2.45) is 17.8 Å². The van der Waals surface area contributed by atoms with E-state index < -0.39 is 5.82 Å². The molecule has 2 aliphatic rings. The molecule has 0 radical (unpaired) electrons. The van der Waals surface area contributed by atoms with Crippen LogP contribution in [0.1, 0.15) is 0 Å². The Kier molecular flexibility index (Phi) is 6.67. The van der Waals surface area contributed by atoms with Crippen LogP contribution in [0.3, 0.4) is 0 Å². The molecule has 2 atom stereocenters. The second-order valence-electron chi connectivity index (χ2n) is 8.23. The van der Waals surface area contributed by atoms with Crippen LogP contribution in [0.5, 0.6) is 5.75 Å². The van der Waals surface area contributed by atoms with Crippen molar-refractivity contribution in [1.29, 1.82) is 0 Å². The number of aromatic nitrogens is 2. The summed E-state index contributed by atoms with van der Waals surface area (Å²) < 4.78 is 25.2. The van der Waals surface area contributed by atoms with Gasteiger partial charge in [-0.05, 0) is 36.1 Å². The number of hydrogen-bond acceptors (Lipinski definition) is 6. The molecule has 2 heterocycles. The lowest BCUT2D eigenvalue weighted by atomic mass is 10.1. The van der Waals surface area contributed by atoms with Crippen LogP contribution in [-0.4, -0.2) is 41.0 Å². The molecule has 0 bridgehead atoms. The number of rotatable bonds is 8. The van der Waals surface area contributed by atoms with Gasteiger partial charge < -0.3 is 20.1 Å². The summed E-state index contributed by atoms with van der Waals surface area (Å²) in [5, 5.41) is 7.26. The number of halogens is 3. The number of hydrogen-bond donors (Lipinski definition) is 2. The maximum absolute atomic E-state index is 13.6. The molecule has 1 saturated carbocycles. The third-order valence-electron chi connectivity index (χ3n) is 6.10. The molecule has 0 spiro atoms. The number of carbonyl (C=O) groups excluding carboxylic acids is 1. The van der Waals surface area contributed by atoms with Crippen LogP contribution in [0.15, 0.2) is 48.8 Å². The lowest BCUT2D eigenvalue weighted by Gasteiger charge is -2.15. The Morgan fingerprint density at radius 2 is 2.09 bits per heavy atom. The van der Waals surface area contributed by atoms with Crippen molar-refractivity contribution in [2.75, 3.05) is 35.8 Å². The number of amides is 1.